The monoisotopic (exact) mass is 352 g/mol. The molecule has 0 aliphatic rings. The van der Waals surface area contributed by atoms with Crippen LogP contribution in [0, 0.1) is 6.92 Å². The van der Waals surface area contributed by atoms with Gasteiger partial charge in [-0.25, -0.2) is 13.1 Å². The van der Waals surface area contributed by atoms with Crippen molar-refractivity contribution in [3.05, 3.63) is 64.7 Å². The number of carbonyl (C=O) groups excluding carboxylic acids is 1. The Morgan fingerprint density at radius 3 is 2.26 bits per heavy atom. The predicted molar refractivity (Wildman–Crippen MR) is 91.9 cm³/mol. The van der Waals surface area contributed by atoms with Gasteiger partial charge in [-0.3, -0.25) is 4.79 Å². The second-order valence-corrected chi connectivity index (χ2v) is 7.36. The third kappa shape index (κ3) is 6.02. The van der Waals surface area contributed by atoms with Crippen LogP contribution in [0.3, 0.4) is 0 Å². The molecule has 5 nitrogen and oxygen atoms in total. The Morgan fingerprint density at radius 1 is 1.04 bits per heavy atom. The Bertz CT molecular complexity index is 772. The Labute approximate surface area is 140 Å². The number of halogens is 1. The minimum atomic E-state index is -3.60. The maximum absolute atomic E-state index is 12.0. The molecule has 0 aromatic heterocycles. The standard InChI is InChI=1S/C16H17ClN2O3S/c1-12-2-8-15(9-3-12)19-16(20)10-18-23(21,22)11-13-4-6-14(17)7-5-13/h2-9,18H,10-11H2,1H3,(H,19,20). The van der Waals surface area contributed by atoms with E-state index >= 15 is 0 Å². The molecule has 0 spiro atoms. The van der Waals surface area contributed by atoms with Crippen LogP contribution in [-0.4, -0.2) is 20.9 Å². The average molecular weight is 353 g/mol. The lowest BCUT2D eigenvalue weighted by Gasteiger charge is -2.08. The summed E-state index contributed by atoms with van der Waals surface area (Å²) in [5.41, 5.74) is 2.30. The molecule has 0 unspecified atom stereocenters. The number of anilines is 1. The van der Waals surface area contributed by atoms with Gasteiger partial charge in [0.15, 0.2) is 0 Å². The molecule has 0 saturated heterocycles. The fraction of sp³-hybridized carbons (Fsp3) is 0.188. The van der Waals surface area contributed by atoms with Gasteiger partial charge in [-0.1, -0.05) is 41.4 Å². The summed E-state index contributed by atoms with van der Waals surface area (Å²) in [5, 5.41) is 3.17. The van der Waals surface area contributed by atoms with Crippen molar-refractivity contribution >= 4 is 33.2 Å². The SMILES string of the molecule is Cc1ccc(NC(=O)CNS(=O)(=O)Cc2ccc(Cl)cc2)cc1. The van der Waals surface area contributed by atoms with Crippen molar-refractivity contribution in [3.63, 3.8) is 0 Å². The lowest BCUT2D eigenvalue weighted by Crippen LogP contribution is -2.33. The molecule has 1 amide bonds. The number of amides is 1. The van der Waals surface area contributed by atoms with Gasteiger partial charge in [0, 0.05) is 10.7 Å². The van der Waals surface area contributed by atoms with Gasteiger partial charge in [-0.05, 0) is 36.8 Å². The van der Waals surface area contributed by atoms with Crippen molar-refractivity contribution < 1.29 is 13.2 Å². The van der Waals surface area contributed by atoms with Crippen LogP contribution in [0.4, 0.5) is 5.69 Å². The second-order valence-electron chi connectivity index (χ2n) is 5.12. The smallest absolute Gasteiger partial charge is 0.239 e. The van der Waals surface area contributed by atoms with E-state index in [-0.39, 0.29) is 12.3 Å². The highest BCUT2D eigenvalue weighted by atomic mass is 35.5. The number of rotatable bonds is 6. The highest BCUT2D eigenvalue weighted by molar-refractivity contribution is 7.88. The van der Waals surface area contributed by atoms with Crippen molar-refractivity contribution in [2.24, 2.45) is 0 Å². The molecule has 2 N–H and O–H groups in total. The second kappa shape index (κ2) is 7.59. The topological polar surface area (TPSA) is 75.3 Å². The molecular weight excluding hydrogens is 336 g/mol. The largest absolute Gasteiger partial charge is 0.325 e. The predicted octanol–water partition coefficient (Wildman–Crippen LogP) is 2.71. The number of hydrogen-bond acceptors (Lipinski definition) is 3. The van der Waals surface area contributed by atoms with Gasteiger partial charge in [0.25, 0.3) is 0 Å². The summed E-state index contributed by atoms with van der Waals surface area (Å²) >= 11 is 5.75. The van der Waals surface area contributed by atoms with Gasteiger partial charge in [-0.15, -0.1) is 0 Å². The molecule has 23 heavy (non-hydrogen) atoms. The molecule has 0 radical (unpaired) electrons. The zero-order valence-corrected chi connectivity index (χ0v) is 14.1. The number of nitrogens with one attached hydrogen (secondary N) is 2. The average Bonchev–Trinajstić information content (AvgIpc) is 2.50. The van der Waals surface area contributed by atoms with Crippen LogP contribution >= 0.6 is 11.6 Å². The maximum Gasteiger partial charge on any atom is 0.239 e. The summed E-state index contributed by atoms with van der Waals surface area (Å²) in [6.45, 7) is 1.63. The Balaban J connectivity index is 1.87. The third-order valence-electron chi connectivity index (χ3n) is 3.06. The van der Waals surface area contributed by atoms with E-state index in [4.69, 9.17) is 11.6 Å². The van der Waals surface area contributed by atoms with E-state index in [1.807, 2.05) is 19.1 Å². The van der Waals surface area contributed by atoms with E-state index in [9.17, 15) is 13.2 Å². The Kier molecular flexibility index (Phi) is 5.76. The van der Waals surface area contributed by atoms with Crippen LogP contribution in [0.5, 0.6) is 0 Å². The first-order valence-electron chi connectivity index (χ1n) is 6.92. The molecule has 122 valence electrons. The number of benzene rings is 2. The molecule has 0 saturated carbocycles. The van der Waals surface area contributed by atoms with Gasteiger partial charge >= 0.3 is 0 Å². The molecule has 7 heteroatoms. The highest BCUT2D eigenvalue weighted by Crippen LogP contribution is 2.12. The minimum Gasteiger partial charge on any atom is -0.325 e. The van der Waals surface area contributed by atoms with Gasteiger partial charge in [0.05, 0.1) is 12.3 Å². The zero-order chi connectivity index (χ0) is 16.9. The molecule has 0 heterocycles. The minimum absolute atomic E-state index is 0.206. The summed E-state index contributed by atoms with van der Waals surface area (Å²) in [4.78, 5) is 11.8. The maximum atomic E-state index is 12.0. The molecule has 2 rings (SSSR count). The first kappa shape index (κ1) is 17.5. The number of hydrogen-bond donors (Lipinski definition) is 2. The van der Waals surface area contributed by atoms with Crippen molar-refractivity contribution in [1.29, 1.82) is 0 Å². The first-order chi connectivity index (χ1) is 10.8. The molecule has 0 atom stereocenters. The van der Waals surface area contributed by atoms with Crippen LogP contribution in [0.15, 0.2) is 48.5 Å². The molecule has 0 bridgehead atoms. The molecule has 0 aliphatic carbocycles. The summed E-state index contributed by atoms with van der Waals surface area (Å²) in [6, 6.07) is 13.8. The van der Waals surface area contributed by atoms with Crippen molar-refractivity contribution in [3.8, 4) is 0 Å². The summed E-state index contributed by atoms with van der Waals surface area (Å²) < 4.78 is 26.2. The fourth-order valence-electron chi connectivity index (χ4n) is 1.87. The third-order valence-corrected chi connectivity index (χ3v) is 4.61. The van der Waals surface area contributed by atoms with E-state index in [1.165, 1.54) is 0 Å². The fourth-order valence-corrected chi connectivity index (χ4v) is 3.08. The summed E-state index contributed by atoms with van der Waals surface area (Å²) in [5.74, 6) is -0.629. The van der Waals surface area contributed by atoms with Gasteiger partial charge in [-0.2, -0.15) is 0 Å². The van der Waals surface area contributed by atoms with Gasteiger partial charge < -0.3 is 5.32 Å². The van der Waals surface area contributed by atoms with Crippen LogP contribution in [0.1, 0.15) is 11.1 Å². The van der Waals surface area contributed by atoms with Crippen LogP contribution < -0.4 is 10.0 Å². The molecular formula is C16H17ClN2O3S. The van der Waals surface area contributed by atoms with Crippen molar-refractivity contribution in [1.82, 2.24) is 4.72 Å². The van der Waals surface area contributed by atoms with Crippen molar-refractivity contribution in [2.45, 2.75) is 12.7 Å². The quantitative estimate of drug-likeness (QED) is 0.839. The number of sulfonamides is 1. The number of aryl methyl sites for hydroxylation is 1. The van der Waals surface area contributed by atoms with E-state index in [0.717, 1.165) is 5.56 Å². The van der Waals surface area contributed by atoms with E-state index in [0.29, 0.717) is 16.3 Å². The van der Waals surface area contributed by atoms with Crippen molar-refractivity contribution in [2.75, 3.05) is 11.9 Å². The molecule has 0 fully saturated rings. The molecule has 2 aromatic rings. The molecule has 0 aliphatic heterocycles. The summed E-state index contributed by atoms with van der Waals surface area (Å²) in [7, 11) is -3.60. The summed E-state index contributed by atoms with van der Waals surface area (Å²) in [6.07, 6.45) is 0. The van der Waals surface area contributed by atoms with E-state index in [2.05, 4.69) is 10.0 Å². The van der Waals surface area contributed by atoms with Gasteiger partial charge in [0.2, 0.25) is 15.9 Å². The van der Waals surface area contributed by atoms with Crippen LogP contribution in [0.2, 0.25) is 5.02 Å². The number of carbonyl (C=O) groups is 1. The normalized spacial score (nSPS) is 11.2. The molecule has 2 aromatic carbocycles. The van der Waals surface area contributed by atoms with Gasteiger partial charge in [0.1, 0.15) is 0 Å². The van der Waals surface area contributed by atoms with Crippen LogP contribution in [0.25, 0.3) is 0 Å². The van der Waals surface area contributed by atoms with E-state index < -0.39 is 15.9 Å². The Hall–Kier alpha value is -1.89. The zero-order valence-electron chi connectivity index (χ0n) is 12.5. The first-order valence-corrected chi connectivity index (χ1v) is 8.95. The lowest BCUT2D eigenvalue weighted by atomic mass is 10.2. The van der Waals surface area contributed by atoms with Crippen LogP contribution in [-0.2, 0) is 20.6 Å². The highest BCUT2D eigenvalue weighted by Gasteiger charge is 2.13. The Morgan fingerprint density at radius 2 is 1.65 bits per heavy atom. The lowest BCUT2D eigenvalue weighted by molar-refractivity contribution is -0.115. The van der Waals surface area contributed by atoms with E-state index in [1.54, 1.807) is 36.4 Å².